The first-order valence-corrected chi connectivity index (χ1v) is 11.2. The number of fused-ring (bicyclic) bond motifs is 1. The van der Waals surface area contributed by atoms with Gasteiger partial charge in [-0.3, -0.25) is 0 Å². The van der Waals surface area contributed by atoms with Gasteiger partial charge >= 0.3 is 0 Å². The summed E-state index contributed by atoms with van der Waals surface area (Å²) in [5.41, 5.74) is 3.18. The fourth-order valence-corrected chi connectivity index (χ4v) is 5.66. The molecule has 0 bridgehead atoms. The van der Waals surface area contributed by atoms with Gasteiger partial charge in [0.05, 0.1) is 10.4 Å². The van der Waals surface area contributed by atoms with E-state index >= 15 is 0 Å². The molecule has 0 radical (unpaired) electrons. The van der Waals surface area contributed by atoms with Crippen LogP contribution in [-0.2, 0) is 10.0 Å². The summed E-state index contributed by atoms with van der Waals surface area (Å²) >= 11 is 6.16. The number of anilines is 1. The Kier molecular flexibility index (Phi) is 4.89. The molecule has 0 amide bonds. The topological polar surface area (TPSA) is 45.6 Å². The van der Waals surface area contributed by atoms with Gasteiger partial charge in [-0.2, -0.15) is 0 Å². The molecule has 1 aliphatic heterocycles. The largest absolute Gasteiger partial charge is 0.368 e. The van der Waals surface area contributed by atoms with Crippen molar-refractivity contribution in [2.75, 3.05) is 38.1 Å². The third-order valence-corrected chi connectivity index (χ3v) is 7.75. The average Bonchev–Trinajstić information content (AvgIpc) is 3.10. The first-order chi connectivity index (χ1) is 13.3. The summed E-state index contributed by atoms with van der Waals surface area (Å²) in [5, 5.41) is 1.53. The maximum absolute atomic E-state index is 13.4. The second-order valence-corrected chi connectivity index (χ2v) is 9.67. The zero-order chi connectivity index (χ0) is 20.1. The number of hydrogen-bond acceptors (Lipinski definition) is 4. The van der Waals surface area contributed by atoms with Gasteiger partial charge in [0.2, 0.25) is 0 Å². The molecule has 1 fully saturated rings. The summed E-state index contributed by atoms with van der Waals surface area (Å²) in [4.78, 5) is 4.92. The smallest absolute Gasteiger partial charge is 0.268 e. The SMILES string of the molecule is Cc1cc(S(=O)(=O)n2ccc3c(N4CCN(C)CC4)cccc32)c(C)cc1Cl. The van der Waals surface area contributed by atoms with Crippen LogP contribution in [0.15, 0.2) is 47.5 Å². The maximum atomic E-state index is 13.4. The number of nitrogens with zero attached hydrogens (tertiary/aromatic N) is 3. The van der Waals surface area contributed by atoms with E-state index in [2.05, 4.69) is 22.9 Å². The van der Waals surface area contributed by atoms with E-state index in [4.69, 9.17) is 11.6 Å². The first kappa shape index (κ1) is 19.3. The number of likely N-dealkylation sites (N-methyl/N-ethyl adjacent to an activating group) is 1. The van der Waals surface area contributed by atoms with Crippen LogP contribution in [0.5, 0.6) is 0 Å². The Morgan fingerprint density at radius 2 is 1.68 bits per heavy atom. The summed E-state index contributed by atoms with van der Waals surface area (Å²) in [6.07, 6.45) is 1.66. The Morgan fingerprint density at radius 1 is 0.964 bits per heavy atom. The van der Waals surface area contributed by atoms with Crippen LogP contribution in [0, 0.1) is 13.8 Å². The highest BCUT2D eigenvalue weighted by Gasteiger charge is 2.24. The van der Waals surface area contributed by atoms with E-state index in [1.807, 2.05) is 25.1 Å². The highest BCUT2D eigenvalue weighted by Crippen LogP contribution is 2.32. The third kappa shape index (κ3) is 3.19. The van der Waals surface area contributed by atoms with Gasteiger partial charge in [-0.1, -0.05) is 17.7 Å². The van der Waals surface area contributed by atoms with Crippen molar-refractivity contribution in [3.63, 3.8) is 0 Å². The van der Waals surface area contributed by atoms with Crippen LogP contribution < -0.4 is 4.90 Å². The minimum Gasteiger partial charge on any atom is -0.368 e. The number of benzene rings is 2. The van der Waals surface area contributed by atoms with E-state index in [0.717, 1.165) is 42.8 Å². The molecule has 7 heteroatoms. The lowest BCUT2D eigenvalue weighted by Crippen LogP contribution is -2.44. The molecule has 2 heterocycles. The summed E-state index contributed by atoms with van der Waals surface area (Å²) in [5.74, 6) is 0. The Labute approximate surface area is 171 Å². The van der Waals surface area contributed by atoms with Gasteiger partial charge in [-0.15, -0.1) is 0 Å². The fourth-order valence-electron chi connectivity index (χ4n) is 3.80. The van der Waals surface area contributed by atoms with E-state index < -0.39 is 10.0 Å². The summed E-state index contributed by atoms with van der Waals surface area (Å²) in [7, 11) is -1.59. The normalized spacial score (nSPS) is 16.1. The van der Waals surface area contributed by atoms with E-state index in [-0.39, 0.29) is 4.90 Å². The highest BCUT2D eigenvalue weighted by molar-refractivity contribution is 7.90. The standard InChI is InChI=1S/C21H24ClN3O2S/c1-15-14-21(16(2)13-18(15)22)28(26,27)25-8-7-17-19(5-4-6-20(17)25)24-11-9-23(3)10-12-24/h4-8,13-14H,9-12H2,1-3H3. The minimum atomic E-state index is -3.72. The molecule has 5 nitrogen and oxygen atoms in total. The van der Waals surface area contributed by atoms with Gasteiger partial charge in [-0.25, -0.2) is 12.4 Å². The van der Waals surface area contributed by atoms with Crippen molar-refractivity contribution in [2.24, 2.45) is 0 Å². The van der Waals surface area contributed by atoms with Crippen molar-refractivity contribution in [3.05, 3.63) is 58.7 Å². The Balaban J connectivity index is 1.82. The van der Waals surface area contributed by atoms with Gasteiger partial charge in [0.25, 0.3) is 10.0 Å². The van der Waals surface area contributed by atoms with Gasteiger partial charge in [0, 0.05) is 48.5 Å². The molecule has 1 aromatic heterocycles. The van der Waals surface area contributed by atoms with E-state index in [1.54, 1.807) is 25.3 Å². The highest BCUT2D eigenvalue weighted by atomic mass is 35.5. The lowest BCUT2D eigenvalue weighted by Gasteiger charge is -2.34. The zero-order valence-corrected chi connectivity index (χ0v) is 17.9. The number of aromatic nitrogens is 1. The number of halogens is 1. The second-order valence-electron chi connectivity index (χ2n) is 7.48. The molecule has 2 aromatic carbocycles. The van der Waals surface area contributed by atoms with Crippen molar-refractivity contribution in [2.45, 2.75) is 18.7 Å². The third-order valence-electron chi connectivity index (χ3n) is 5.51. The molecule has 3 aromatic rings. The van der Waals surface area contributed by atoms with Crippen molar-refractivity contribution in [1.82, 2.24) is 8.87 Å². The van der Waals surface area contributed by atoms with Crippen molar-refractivity contribution < 1.29 is 8.42 Å². The first-order valence-electron chi connectivity index (χ1n) is 9.35. The lowest BCUT2D eigenvalue weighted by molar-refractivity contribution is 0.313. The van der Waals surface area contributed by atoms with Crippen LogP contribution >= 0.6 is 11.6 Å². The molecule has 1 saturated heterocycles. The number of hydrogen-bond donors (Lipinski definition) is 0. The molecule has 0 spiro atoms. The van der Waals surface area contributed by atoms with Crippen LogP contribution in [0.1, 0.15) is 11.1 Å². The summed E-state index contributed by atoms with van der Waals surface area (Å²) in [6, 6.07) is 11.1. The minimum absolute atomic E-state index is 0.289. The van der Waals surface area contributed by atoms with Crippen LogP contribution in [0.25, 0.3) is 10.9 Å². The van der Waals surface area contributed by atoms with Crippen molar-refractivity contribution in [1.29, 1.82) is 0 Å². The molecule has 0 atom stereocenters. The molecular weight excluding hydrogens is 394 g/mol. The molecule has 0 saturated carbocycles. The Hall–Kier alpha value is -2.02. The van der Waals surface area contributed by atoms with E-state index in [0.29, 0.717) is 16.1 Å². The molecule has 0 unspecified atom stereocenters. The van der Waals surface area contributed by atoms with Gasteiger partial charge in [-0.05, 0) is 62.4 Å². The summed E-state index contributed by atoms with van der Waals surface area (Å²) < 4.78 is 28.2. The van der Waals surface area contributed by atoms with E-state index in [1.165, 1.54) is 3.97 Å². The van der Waals surface area contributed by atoms with Gasteiger partial charge < -0.3 is 9.80 Å². The van der Waals surface area contributed by atoms with Crippen molar-refractivity contribution >= 4 is 38.2 Å². The average molecular weight is 418 g/mol. The number of aryl methyl sites for hydroxylation is 2. The number of rotatable bonds is 3. The monoisotopic (exact) mass is 417 g/mol. The van der Waals surface area contributed by atoms with Crippen LogP contribution in [-0.4, -0.2) is 50.5 Å². The molecule has 0 N–H and O–H groups in total. The molecule has 1 aliphatic rings. The van der Waals surface area contributed by atoms with Gasteiger partial charge in [0.1, 0.15) is 0 Å². The van der Waals surface area contributed by atoms with Crippen molar-refractivity contribution in [3.8, 4) is 0 Å². The van der Waals surface area contributed by atoms with Crippen LogP contribution in [0.3, 0.4) is 0 Å². The Morgan fingerprint density at radius 3 is 2.39 bits per heavy atom. The maximum Gasteiger partial charge on any atom is 0.268 e. The fraction of sp³-hybridized carbons (Fsp3) is 0.333. The second kappa shape index (κ2) is 7.10. The summed E-state index contributed by atoms with van der Waals surface area (Å²) in [6.45, 7) is 7.46. The molecule has 28 heavy (non-hydrogen) atoms. The lowest BCUT2D eigenvalue weighted by atomic mass is 10.2. The number of piperazine rings is 1. The molecule has 0 aliphatic carbocycles. The van der Waals surface area contributed by atoms with Crippen LogP contribution in [0.2, 0.25) is 5.02 Å². The Bertz CT molecular complexity index is 1150. The molecular formula is C21H24ClN3O2S. The van der Waals surface area contributed by atoms with Crippen LogP contribution in [0.4, 0.5) is 5.69 Å². The zero-order valence-electron chi connectivity index (χ0n) is 16.3. The molecule has 4 rings (SSSR count). The predicted octanol–water partition coefficient (Wildman–Crippen LogP) is 3.90. The van der Waals surface area contributed by atoms with E-state index in [9.17, 15) is 8.42 Å². The quantitative estimate of drug-likeness (QED) is 0.648. The predicted molar refractivity (Wildman–Crippen MR) is 115 cm³/mol. The van der Waals surface area contributed by atoms with Gasteiger partial charge in [0.15, 0.2) is 0 Å². The molecule has 148 valence electrons.